The van der Waals surface area contributed by atoms with Gasteiger partial charge >= 0.3 is 6.03 Å². The summed E-state index contributed by atoms with van der Waals surface area (Å²) < 4.78 is 5.41. The lowest BCUT2D eigenvalue weighted by molar-refractivity contribution is 0.133. The second kappa shape index (κ2) is 8.08. The molecule has 0 unspecified atom stereocenters. The van der Waals surface area contributed by atoms with Crippen LogP contribution in [-0.2, 0) is 4.74 Å². The highest BCUT2D eigenvalue weighted by atomic mass is 16.5. The van der Waals surface area contributed by atoms with Gasteiger partial charge in [0.1, 0.15) is 0 Å². The maximum absolute atomic E-state index is 10.9. The fourth-order valence-electron chi connectivity index (χ4n) is 1.91. The van der Waals surface area contributed by atoms with E-state index in [-0.39, 0.29) is 6.03 Å². The summed E-state index contributed by atoms with van der Waals surface area (Å²) in [6.07, 6.45) is 4.69. The Balaban J connectivity index is 1.99. The smallest absolute Gasteiger partial charge is 0.314 e. The van der Waals surface area contributed by atoms with Crippen molar-refractivity contribution in [2.45, 2.75) is 25.3 Å². The molecule has 98 valence electrons. The van der Waals surface area contributed by atoms with Crippen LogP contribution in [0.2, 0.25) is 0 Å². The van der Waals surface area contributed by atoms with Gasteiger partial charge in [0.05, 0.1) is 13.2 Å². The molecule has 0 aromatic rings. The van der Waals surface area contributed by atoms with Crippen LogP contribution in [0, 0.1) is 0 Å². The Morgan fingerprint density at radius 1 is 1.47 bits per heavy atom. The first-order valence-electron chi connectivity index (χ1n) is 6.20. The summed E-state index contributed by atoms with van der Waals surface area (Å²) in [6.45, 7) is 7.47. The van der Waals surface area contributed by atoms with Gasteiger partial charge in [-0.3, -0.25) is 0 Å². The molecule has 0 saturated carbocycles. The van der Waals surface area contributed by atoms with Gasteiger partial charge in [-0.2, -0.15) is 0 Å². The summed E-state index contributed by atoms with van der Waals surface area (Å²) in [6, 6.07) is 0.171. The molecule has 1 heterocycles. The SMILES string of the molecule is C=CCCOCCNC1CCN(C(N)=O)CC1. The highest BCUT2D eigenvalue weighted by molar-refractivity contribution is 5.72. The molecule has 0 atom stereocenters. The van der Waals surface area contributed by atoms with Crippen molar-refractivity contribution in [1.82, 2.24) is 10.2 Å². The van der Waals surface area contributed by atoms with E-state index in [1.165, 1.54) is 0 Å². The monoisotopic (exact) mass is 241 g/mol. The molecule has 0 aliphatic carbocycles. The predicted molar refractivity (Wildman–Crippen MR) is 67.8 cm³/mol. The van der Waals surface area contributed by atoms with Crippen molar-refractivity contribution in [3.8, 4) is 0 Å². The molecule has 5 heteroatoms. The van der Waals surface area contributed by atoms with Crippen LogP contribution < -0.4 is 11.1 Å². The average molecular weight is 241 g/mol. The van der Waals surface area contributed by atoms with Crippen molar-refractivity contribution in [2.75, 3.05) is 32.8 Å². The molecule has 0 spiro atoms. The van der Waals surface area contributed by atoms with Crippen LogP contribution in [0.1, 0.15) is 19.3 Å². The lowest BCUT2D eigenvalue weighted by Gasteiger charge is -2.31. The average Bonchev–Trinajstić information content (AvgIpc) is 2.34. The van der Waals surface area contributed by atoms with Gasteiger partial charge in [-0.15, -0.1) is 6.58 Å². The van der Waals surface area contributed by atoms with Gasteiger partial charge in [0.15, 0.2) is 0 Å². The third-order valence-corrected chi connectivity index (χ3v) is 2.95. The predicted octanol–water partition coefficient (Wildman–Crippen LogP) is 0.712. The Labute approximate surface area is 103 Å². The molecule has 5 nitrogen and oxygen atoms in total. The standard InChI is InChI=1S/C12H23N3O2/c1-2-3-9-17-10-6-14-11-4-7-15(8-5-11)12(13)16/h2,11,14H,1,3-10H2,(H2,13,16). The van der Waals surface area contributed by atoms with Gasteiger partial charge < -0.3 is 20.7 Å². The minimum atomic E-state index is -0.309. The number of primary amides is 1. The van der Waals surface area contributed by atoms with Gasteiger partial charge in [0, 0.05) is 25.7 Å². The first-order chi connectivity index (χ1) is 8.24. The Morgan fingerprint density at radius 2 is 2.18 bits per heavy atom. The lowest BCUT2D eigenvalue weighted by atomic mass is 10.1. The maximum atomic E-state index is 10.9. The zero-order chi connectivity index (χ0) is 12.5. The second-order valence-corrected chi connectivity index (χ2v) is 4.24. The molecule has 1 fully saturated rings. The fraction of sp³-hybridized carbons (Fsp3) is 0.750. The third kappa shape index (κ3) is 5.70. The molecular formula is C12H23N3O2. The quantitative estimate of drug-likeness (QED) is 0.509. The molecule has 1 saturated heterocycles. The van der Waals surface area contributed by atoms with Crippen LogP contribution in [0.25, 0.3) is 0 Å². The van der Waals surface area contributed by atoms with E-state index in [0.29, 0.717) is 6.04 Å². The van der Waals surface area contributed by atoms with Gasteiger partial charge in [-0.1, -0.05) is 6.08 Å². The van der Waals surface area contributed by atoms with Gasteiger partial charge in [0.2, 0.25) is 0 Å². The van der Waals surface area contributed by atoms with Gasteiger partial charge in [-0.05, 0) is 19.3 Å². The number of carbonyl (C=O) groups excluding carboxylic acids is 1. The number of nitrogens with two attached hydrogens (primary N) is 1. The minimum Gasteiger partial charge on any atom is -0.380 e. The summed E-state index contributed by atoms with van der Waals surface area (Å²) in [5, 5.41) is 3.43. The number of amides is 2. The molecule has 0 bridgehead atoms. The summed E-state index contributed by atoms with van der Waals surface area (Å²) in [5.41, 5.74) is 5.22. The van der Waals surface area contributed by atoms with Crippen molar-refractivity contribution in [1.29, 1.82) is 0 Å². The number of urea groups is 1. The number of piperidine rings is 1. The van der Waals surface area contributed by atoms with Crippen molar-refractivity contribution < 1.29 is 9.53 Å². The summed E-state index contributed by atoms with van der Waals surface area (Å²) in [7, 11) is 0. The van der Waals surface area contributed by atoms with Gasteiger partial charge in [-0.25, -0.2) is 4.79 Å². The van der Waals surface area contributed by atoms with Crippen molar-refractivity contribution in [2.24, 2.45) is 5.73 Å². The Bertz CT molecular complexity index is 238. The molecule has 2 amide bonds. The van der Waals surface area contributed by atoms with E-state index in [2.05, 4.69) is 11.9 Å². The minimum absolute atomic E-state index is 0.309. The third-order valence-electron chi connectivity index (χ3n) is 2.95. The van der Waals surface area contributed by atoms with E-state index in [1.54, 1.807) is 4.90 Å². The van der Waals surface area contributed by atoms with Crippen molar-refractivity contribution in [3.05, 3.63) is 12.7 Å². The number of nitrogens with one attached hydrogen (secondary N) is 1. The van der Waals surface area contributed by atoms with Crippen LogP contribution in [0.4, 0.5) is 4.79 Å². The zero-order valence-electron chi connectivity index (χ0n) is 10.4. The normalized spacial score (nSPS) is 17.1. The molecule has 1 aliphatic heterocycles. The fourth-order valence-corrected chi connectivity index (χ4v) is 1.91. The van der Waals surface area contributed by atoms with Crippen LogP contribution >= 0.6 is 0 Å². The summed E-state index contributed by atoms with van der Waals surface area (Å²) in [5.74, 6) is 0. The van der Waals surface area contributed by atoms with Crippen LogP contribution in [-0.4, -0.2) is 49.8 Å². The van der Waals surface area contributed by atoms with Crippen LogP contribution in [0.5, 0.6) is 0 Å². The van der Waals surface area contributed by atoms with E-state index < -0.39 is 0 Å². The Hall–Kier alpha value is -1.07. The molecule has 0 radical (unpaired) electrons. The van der Waals surface area contributed by atoms with Gasteiger partial charge in [0.25, 0.3) is 0 Å². The number of hydrogen-bond acceptors (Lipinski definition) is 3. The highest BCUT2D eigenvalue weighted by Crippen LogP contribution is 2.09. The number of likely N-dealkylation sites (tertiary alicyclic amines) is 1. The lowest BCUT2D eigenvalue weighted by Crippen LogP contribution is -2.47. The molecule has 0 aromatic heterocycles. The summed E-state index contributed by atoms with van der Waals surface area (Å²) >= 11 is 0. The summed E-state index contributed by atoms with van der Waals surface area (Å²) in [4.78, 5) is 12.6. The number of ether oxygens (including phenoxy) is 1. The van der Waals surface area contributed by atoms with E-state index in [1.807, 2.05) is 6.08 Å². The number of rotatable bonds is 7. The molecule has 3 N–H and O–H groups in total. The Kier molecular flexibility index (Phi) is 6.65. The Morgan fingerprint density at radius 3 is 2.76 bits per heavy atom. The molecule has 17 heavy (non-hydrogen) atoms. The van der Waals surface area contributed by atoms with Crippen molar-refractivity contribution >= 4 is 6.03 Å². The number of hydrogen-bond donors (Lipinski definition) is 2. The van der Waals surface area contributed by atoms with E-state index in [0.717, 1.165) is 52.1 Å². The number of carbonyl (C=O) groups is 1. The largest absolute Gasteiger partial charge is 0.380 e. The van der Waals surface area contributed by atoms with E-state index >= 15 is 0 Å². The molecule has 1 aliphatic rings. The van der Waals surface area contributed by atoms with E-state index in [4.69, 9.17) is 10.5 Å². The first kappa shape index (κ1) is 14.0. The zero-order valence-corrected chi connectivity index (χ0v) is 10.4. The first-order valence-corrected chi connectivity index (χ1v) is 6.20. The van der Waals surface area contributed by atoms with Crippen LogP contribution in [0.15, 0.2) is 12.7 Å². The molecule has 0 aromatic carbocycles. The second-order valence-electron chi connectivity index (χ2n) is 4.24. The van der Waals surface area contributed by atoms with E-state index in [9.17, 15) is 4.79 Å². The maximum Gasteiger partial charge on any atom is 0.314 e. The van der Waals surface area contributed by atoms with Crippen molar-refractivity contribution in [3.63, 3.8) is 0 Å². The molecular weight excluding hydrogens is 218 g/mol. The molecule has 1 rings (SSSR count). The highest BCUT2D eigenvalue weighted by Gasteiger charge is 2.20. The van der Waals surface area contributed by atoms with Crippen LogP contribution in [0.3, 0.4) is 0 Å². The topological polar surface area (TPSA) is 67.6 Å². The number of nitrogens with zero attached hydrogens (tertiary/aromatic N) is 1.